The van der Waals surface area contributed by atoms with E-state index >= 15 is 0 Å². The molecule has 2 saturated carbocycles. The van der Waals surface area contributed by atoms with Crippen molar-refractivity contribution in [1.82, 2.24) is 41.7 Å². The van der Waals surface area contributed by atoms with E-state index in [9.17, 15) is 38.4 Å². The van der Waals surface area contributed by atoms with Crippen LogP contribution < -0.4 is 31.9 Å². The Labute approximate surface area is 507 Å². The lowest BCUT2D eigenvalue weighted by atomic mass is 9.76. The molecule has 6 N–H and O–H groups in total. The van der Waals surface area contributed by atoms with Gasteiger partial charge in [0.05, 0.1) is 18.1 Å². The molecular formula is C70H90N8O8. The monoisotopic (exact) mass is 1170 g/mol. The van der Waals surface area contributed by atoms with Crippen molar-refractivity contribution in [2.45, 2.75) is 198 Å². The van der Waals surface area contributed by atoms with Gasteiger partial charge < -0.3 is 41.7 Å². The number of hydrogen-bond donors (Lipinski definition) is 6. The fourth-order valence-electron chi connectivity index (χ4n) is 14.6. The lowest BCUT2D eigenvalue weighted by molar-refractivity contribution is -0.145. The number of aryl methyl sites for hydroxylation is 2. The first-order valence-electron chi connectivity index (χ1n) is 32.4. The fourth-order valence-corrected chi connectivity index (χ4v) is 14.6. The van der Waals surface area contributed by atoms with Crippen LogP contribution in [0.4, 0.5) is 0 Å². The molecule has 7 amide bonds. The Hall–Kier alpha value is -7.20. The Morgan fingerprint density at radius 1 is 0.523 bits per heavy atom. The van der Waals surface area contributed by atoms with Gasteiger partial charge in [0.2, 0.25) is 29.5 Å². The van der Waals surface area contributed by atoms with Crippen molar-refractivity contribution in [3.8, 4) is 11.1 Å². The van der Waals surface area contributed by atoms with Crippen molar-refractivity contribution in [2.24, 2.45) is 23.7 Å². The minimum absolute atomic E-state index is 0.0293. The minimum atomic E-state index is -0.856. The SMILES string of the molecule is CC[C@@H](C)C(=O)N[C@H](C(=O)N1C[C@@H](NC(=O)c2ccc(-c3ccc(C(=O)N[C@H]4C[C@@H](C(=O)N[C@@H]5CCCc6ccccc65)N(C(=O)[C@@H](CC(=O)[C@H](C)NC)C5CCCCC5)C4)cc3)cc2)C[C@H]1C(=O)N[C@@H]1CCCc2ccccc21)C1CCCCC1. The lowest BCUT2D eigenvalue weighted by Gasteiger charge is -2.35. The topological polar surface area (TPSA) is 215 Å². The van der Waals surface area contributed by atoms with Crippen LogP contribution >= 0.6 is 0 Å². The molecule has 0 unspecified atom stereocenters. The van der Waals surface area contributed by atoms with Gasteiger partial charge in [-0.15, -0.1) is 0 Å². The summed E-state index contributed by atoms with van der Waals surface area (Å²) < 4.78 is 0. The van der Waals surface area contributed by atoms with Crippen LogP contribution in [-0.4, -0.2) is 113 Å². The van der Waals surface area contributed by atoms with Gasteiger partial charge in [0.1, 0.15) is 23.9 Å². The highest BCUT2D eigenvalue weighted by molar-refractivity contribution is 5.98. The third-order valence-electron chi connectivity index (χ3n) is 20.1. The standard InChI is InChI=1S/C70H90N8O8/c1-5-43(2)64(80)76-63(50-22-10-7-11-23-50)70(86)78-42-54(39-61(78)68(84)75-59-29-17-25-48-21-13-15-27-56(48)59)73-66(82)52-36-32-46(33-37-52)45-30-34-51(35-31-45)65(81)72-53-38-60(67(83)74-58-28-16-24-47-20-12-14-26-55(47)58)77(41-53)69(85)57(40-62(79)44(3)71-4)49-18-8-6-9-19-49/h12-15,20-21,26-27,30-37,43-44,49-50,53-54,57-61,63,71H,5-11,16-19,22-25,28-29,38-42H2,1-4H3,(H,72,81)(H,73,82)(H,74,83)(H,75,84)(H,76,80)/t43-,44+,53+,54+,57+,58-,59-,60+,61+,63+/m1/s1. The van der Waals surface area contributed by atoms with Crippen molar-refractivity contribution in [1.29, 1.82) is 0 Å². The summed E-state index contributed by atoms with van der Waals surface area (Å²) in [6, 6.07) is 26.3. The van der Waals surface area contributed by atoms with Crippen LogP contribution in [0.15, 0.2) is 97.1 Å². The van der Waals surface area contributed by atoms with Crippen LogP contribution in [-0.2, 0) is 41.6 Å². The number of fused-ring (bicyclic) bond motifs is 2. The molecule has 0 spiro atoms. The molecule has 2 aliphatic heterocycles. The first-order chi connectivity index (χ1) is 41.7. The van der Waals surface area contributed by atoms with Crippen LogP contribution in [0.2, 0.25) is 0 Å². The smallest absolute Gasteiger partial charge is 0.251 e. The summed E-state index contributed by atoms with van der Waals surface area (Å²) in [4.78, 5) is 117. The number of benzene rings is 4. The maximum Gasteiger partial charge on any atom is 0.251 e. The van der Waals surface area contributed by atoms with Crippen LogP contribution in [0.1, 0.15) is 191 Å². The molecule has 4 fully saturated rings. The van der Waals surface area contributed by atoms with E-state index in [2.05, 4.69) is 56.2 Å². The highest BCUT2D eigenvalue weighted by atomic mass is 16.2. The maximum absolute atomic E-state index is 15.0. The summed E-state index contributed by atoms with van der Waals surface area (Å²) in [6.45, 7) is 5.89. The molecule has 16 heteroatoms. The van der Waals surface area contributed by atoms with E-state index in [0.717, 1.165) is 125 Å². The van der Waals surface area contributed by atoms with Gasteiger partial charge in [-0.2, -0.15) is 0 Å². The molecule has 0 bridgehead atoms. The lowest BCUT2D eigenvalue weighted by Crippen LogP contribution is -2.57. The molecule has 4 aliphatic carbocycles. The summed E-state index contributed by atoms with van der Waals surface area (Å²) in [6.07, 6.45) is 15.9. The van der Waals surface area contributed by atoms with Gasteiger partial charge in [0.15, 0.2) is 0 Å². The highest BCUT2D eigenvalue weighted by Crippen LogP contribution is 2.38. The third-order valence-corrected chi connectivity index (χ3v) is 20.1. The van der Waals surface area contributed by atoms with Crippen molar-refractivity contribution < 1.29 is 38.4 Å². The number of carbonyl (C=O) groups excluding carboxylic acids is 8. The molecule has 0 aromatic heterocycles. The van der Waals surface area contributed by atoms with Gasteiger partial charge in [-0.3, -0.25) is 38.4 Å². The molecule has 10 atom stereocenters. The molecule has 0 radical (unpaired) electrons. The van der Waals surface area contributed by atoms with E-state index in [4.69, 9.17) is 0 Å². The number of rotatable bonds is 20. The second kappa shape index (κ2) is 28.5. The number of likely N-dealkylation sites (N-methyl/N-ethyl adjacent to an activating group) is 1. The van der Waals surface area contributed by atoms with Gasteiger partial charge in [0, 0.05) is 54.6 Å². The molecule has 2 heterocycles. The zero-order valence-electron chi connectivity index (χ0n) is 50.9. The van der Waals surface area contributed by atoms with E-state index in [1.807, 2.05) is 69.3 Å². The molecular weight excluding hydrogens is 1080 g/mol. The van der Waals surface area contributed by atoms with Gasteiger partial charge in [-0.25, -0.2) is 0 Å². The molecule has 6 aliphatic rings. The number of ketones is 1. The van der Waals surface area contributed by atoms with Crippen molar-refractivity contribution in [3.63, 3.8) is 0 Å². The van der Waals surface area contributed by atoms with E-state index in [1.165, 1.54) is 11.1 Å². The molecule has 10 rings (SSSR count). The number of hydrogen-bond acceptors (Lipinski definition) is 9. The first-order valence-corrected chi connectivity index (χ1v) is 32.4. The minimum Gasteiger partial charge on any atom is -0.347 e. The largest absolute Gasteiger partial charge is 0.347 e. The van der Waals surface area contributed by atoms with Crippen molar-refractivity contribution in [2.75, 3.05) is 20.1 Å². The average molecular weight is 1170 g/mol. The Morgan fingerprint density at radius 2 is 0.977 bits per heavy atom. The average Bonchev–Trinajstić information content (AvgIpc) is 3.16. The Morgan fingerprint density at radius 3 is 1.44 bits per heavy atom. The van der Waals surface area contributed by atoms with E-state index in [1.54, 1.807) is 41.1 Å². The molecule has 16 nitrogen and oxygen atoms in total. The zero-order chi connectivity index (χ0) is 60.4. The van der Waals surface area contributed by atoms with E-state index < -0.39 is 42.2 Å². The van der Waals surface area contributed by atoms with Crippen LogP contribution in [0.25, 0.3) is 11.1 Å². The maximum atomic E-state index is 15.0. The predicted molar refractivity (Wildman–Crippen MR) is 331 cm³/mol. The Bertz CT molecular complexity index is 2880. The highest BCUT2D eigenvalue weighted by Gasteiger charge is 2.47. The molecule has 4 aromatic carbocycles. The van der Waals surface area contributed by atoms with Crippen molar-refractivity contribution in [3.05, 3.63) is 130 Å². The summed E-state index contributed by atoms with van der Waals surface area (Å²) in [7, 11) is 1.74. The van der Waals surface area contributed by atoms with E-state index in [-0.39, 0.29) is 109 Å². The zero-order valence-corrected chi connectivity index (χ0v) is 50.9. The van der Waals surface area contributed by atoms with Crippen LogP contribution in [0.3, 0.4) is 0 Å². The number of nitrogens with zero attached hydrogens (tertiary/aromatic N) is 2. The molecule has 86 heavy (non-hydrogen) atoms. The number of likely N-dealkylation sites (tertiary alicyclic amines) is 2. The number of nitrogens with one attached hydrogen (secondary N) is 6. The molecule has 4 aromatic rings. The Kier molecular flexibility index (Phi) is 20.5. The van der Waals surface area contributed by atoms with E-state index in [0.29, 0.717) is 17.5 Å². The Balaban J connectivity index is 0.808. The summed E-state index contributed by atoms with van der Waals surface area (Å²) in [5, 5.41) is 19.1. The van der Waals surface area contributed by atoms with Gasteiger partial charge >= 0.3 is 0 Å². The first kappa shape index (κ1) is 61.9. The number of carbonyl (C=O) groups is 8. The normalized spacial score (nSPS) is 23.8. The second-order valence-electron chi connectivity index (χ2n) is 25.7. The summed E-state index contributed by atoms with van der Waals surface area (Å²) in [5.41, 5.74) is 7.03. The molecule has 2 saturated heterocycles. The molecule has 458 valence electrons. The second-order valence-corrected chi connectivity index (χ2v) is 25.7. The number of Topliss-reactive ketones (excluding diaryl/α,β-unsaturated/α-hetero) is 1. The van der Waals surface area contributed by atoms with Gasteiger partial charge in [-0.05, 0) is 167 Å². The number of amides is 7. The van der Waals surface area contributed by atoms with Crippen molar-refractivity contribution >= 4 is 47.1 Å². The quantitative estimate of drug-likeness (QED) is 0.0497. The third kappa shape index (κ3) is 14.4. The summed E-state index contributed by atoms with van der Waals surface area (Å²) >= 11 is 0. The van der Waals surface area contributed by atoms with Crippen LogP contribution in [0.5, 0.6) is 0 Å². The summed E-state index contributed by atoms with van der Waals surface area (Å²) in [5.74, 6) is -2.75. The van der Waals surface area contributed by atoms with Gasteiger partial charge in [0.25, 0.3) is 11.8 Å². The fraction of sp³-hybridized carbons (Fsp3) is 0.543. The predicted octanol–water partition coefficient (Wildman–Crippen LogP) is 9.01. The van der Waals surface area contributed by atoms with Crippen LogP contribution in [0, 0.1) is 23.7 Å². The van der Waals surface area contributed by atoms with Gasteiger partial charge in [-0.1, -0.05) is 125 Å².